The third kappa shape index (κ3) is 12.8. The summed E-state index contributed by atoms with van der Waals surface area (Å²) in [5.41, 5.74) is 17.0. The van der Waals surface area contributed by atoms with E-state index in [1.807, 2.05) is 0 Å². The molecule has 1 fully saturated rings. The number of unbranched alkanes of at least 4 members (excludes halogenated alkanes) is 1. The van der Waals surface area contributed by atoms with Gasteiger partial charge in [-0.05, 0) is 44.2 Å². The quantitative estimate of drug-likeness (QED) is 0.0661. The van der Waals surface area contributed by atoms with Gasteiger partial charge in [0.15, 0.2) is 5.96 Å². The van der Waals surface area contributed by atoms with Crippen LogP contribution in [0.25, 0.3) is 0 Å². The summed E-state index contributed by atoms with van der Waals surface area (Å²) in [6, 6.07) is 3.75. The van der Waals surface area contributed by atoms with Gasteiger partial charge >= 0.3 is 5.97 Å². The number of carboxylic acids is 1. The van der Waals surface area contributed by atoms with E-state index < -0.39 is 72.6 Å². The first-order valence-electron chi connectivity index (χ1n) is 14.0. The Morgan fingerprint density at radius 2 is 1.37 bits per heavy atom. The first-order chi connectivity index (χ1) is 20.5. The van der Waals surface area contributed by atoms with Gasteiger partial charge in [-0.15, -0.1) is 0 Å². The number of carboxylic acid groups (broad SMARTS) is 1. The molecule has 1 aliphatic rings. The fourth-order valence-corrected chi connectivity index (χ4v) is 4.33. The molecule has 1 aliphatic heterocycles. The number of nitrogens with zero attached hydrogens (tertiary/aromatic N) is 1. The van der Waals surface area contributed by atoms with Crippen LogP contribution < -0.4 is 43.8 Å². The molecule has 0 radical (unpaired) electrons. The van der Waals surface area contributed by atoms with E-state index in [1.165, 1.54) is 0 Å². The predicted octanol–water partition coefficient (Wildman–Crippen LogP) is -3.04. The van der Waals surface area contributed by atoms with Crippen LogP contribution in [0.5, 0.6) is 0 Å². The lowest BCUT2D eigenvalue weighted by Gasteiger charge is -2.26. The van der Waals surface area contributed by atoms with Gasteiger partial charge in [-0.25, -0.2) is 0 Å². The molecule has 0 aromatic heterocycles. The molecular formula is C27H41N9O7. The van der Waals surface area contributed by atoms with Crippen LogP contribution in [0.1, 0.15) is 44.1 Å². The minimum Gasteiger partial charge on any atom is -0.481 e. The summed E-state index contributed by atoms with van der Waals surface area (Å²) in [5.74, 6) is -5.36. The Bertz CT molecular complexity index is 1160. The number of carbonyl (C=O) groups is 6. The Morgan fingerprint density at radius 1 is 0.791 bits per heavy atom. The maximum absolute atomic E-state index is 13.6. The fraction of sp³-hybridized carbons (Fsp3) is 0.519. The van der Waals surface area contributed by atoms with Crippen LogP contribution in [0.2, 0.25) is 0 Å². The molecule has 1 heterocycles. The van der Waals surface area contributed by atoms with Crippen molar-refractivity contribution in [2.24, 2.45) is 22.2 Å². The van der Waals surface area contributed by atoms with Crippen LogP contribution in [-0.2, 0) is 35.2 Å². The van der Waals surface area contributed by atoms with Crippen LogP contribution in [0.15, 0.2) is 35.3 Å². The molecule has 1 saturated heterocycles. The smallest absolute Gasteiger partial charge is 0.305 e. The van der Waals surface area contributed by atoms with Crippen molar-refractivity contribution in [3.05, 3.63) is 35.9 Å². The number of amides is 5. The molecule has 0 unspecified atom stereocenters. The van der Waals surface area contributed by atoms with Crippen molar-refractivity contribution in [2.45, 2.75) is 69.1 Å². The summed E-state index contributed by atoms with van der Waals surface area (Å²) >= 11 is 0. The van der Waals surface area contributed by atoms with Crippen LogP contribution in [0, 0.1) is 0 Å². The molecular weight excluding hydrogens is 562 g/mol. The molecule has 0 aliphatic carbocycles. The zero-order valence-electron chi connectivity index (χ0n) is 23.8. The molecule has 0 bridgehead atoms. The third-order valence-corrected chi connectivity index (χ3v) is 6.53. The van der Waals surface area contributed by atoms with Crippen molar-refractivity contribution < 1.29 is 33.9 Å². The van der Waals surface area contributed by atoms with Gasteiger partial charge < -0.3 is 48.9 Å². The lowest BCUT2D eigenvalue weighted by atomic mass is 10.0. The van der Waals surface area contributed by atoms with Crippen LogP contribution >= 0.6 is 0 Å². The molecule has 2 rings (SSSR count). The summed E-state index contributed by atoms with van der Waals surface area (Å²) in [6.45, 7) is -0.0746. The fourth-order valence-electron chi connectivity index (χ4n) is 4.33. The van der Waals surface area contributed by atoms with Crippen molar-refractivity contribution in [1.29, 1.82) is 0 Å². The maximum atomic E-state index is 13.6. The lowest BCUT2D eigenvalue weighted by Crippen LogP contribution is -2.58. The van der Waals surface area contributed by atoms with E-state index in [1.54, 1.807) is 30.3 Å². The Morgan fingerprint density at radius 3 is 2.00 bits per heavy atom. The number of benzene rings is 1. The van der Waals surface area contributed by atoms with Gasteiger partial charge in [-0.3, -0.25) is 33.8 Å². The van der Waals surface area contributed by atoms with E-state index >= 15 is 0 Å². The van der Waals surface area contributed by atoms with Crippen LogP contribution in [-0.4, -0.2) is 90.4 Å². The molecule has 16 nitrogen and oxygen atoms in total. The van der Waals surface area contributed by atoms with Crippen molar-refractivity contribution in [2.75, 3.05) is 19.6 Å². The maximum Gasteiger partial charge on any atom is 0.305 e. The Labute approximate surface area is 249 Å². The van der Waals surface area contributed by atoms with Crippen LogP contribution in [0.4, 0.5) is 0 Å². The molecule has 5 amide bonds. The molecule has 0 spiro atoms. The Balaban J connectivity index is 2.44. The van der Waals surface area contributed by atoms with E-state index in [2.05, 4.69) is 31.6 Å². The van der Waals surface area contributed by atoms with Gasteiger partial charge in [0.2, 0.25) is 29.5 Å². The summed E-state index contributed by atoms with van der Waals surface area (Å²) in [5, 5.41) is 21.9. The highest BCUT2D eigenvalue weighted by Crippen LogP contribution is 2.09. The van der Waals surface area contributed by atoms with E-state index in [4.69, 9.17) is 17.2 Å². The summed E-state index contributed by atoms with van der Waals surface area (Å²) in [6.07, 6.45) is 0.854. The minimum atomic E-state index is -1.55. The number of rotatable bonds is 12. The largest absolute Gasteiger partial charge is 0.481 e. The second-order valence-corrected chi connectivity index (χ2v) is 10.0. The van der Waals surface area contributed by atoms with Gasteiger partial charge in [0.1, 0.15) is 24.2 Å². The van der Waals surface area contributed by atoms with Crippen molar-refractivity contribution in [3.8, 4) is 0 Å². The number of aliphatic carboxylic acids is 1. The zero-order valence-corrected chi connectivity index (χ0v) is 23.8. The van der Waals surface area contributed by atoms with Gasteiger partial charge in [0.05, 0.1) is 13.0 Å². The highest BCUT2D eigenvalue weighted by atomic mass is 16.4. The minimum absolute atomic E-state index is 0.0107. The first-order valence-corrected chi connectivity index (χ1v) is 14.0. The number of guanidine groups is 1. The molecule has 43 heavy (non-hydrogen) atoms. The highest BCUT2D eigenvalue weighted by Gasteiger charge is 2.33. The molecule has 1 aromatic rings. The SMILES string of the molecule is NCCCC[C@@H]1NC(=O)[C@H](Cc2ccccc2)NC(=O)[C@H](CC(=O)O)NC(=O)CNC(=O)[C@H](CCCN=C(N)N)NC1=O. The number of aliphatic imine (C=N–C) groups is 1. The summed E-state index contributed by atoms with van der Waals surface area (Å²) in [7, 11) is 0. The second-order valence-electron chi connectivity index (χ2n) is 10.0. The number of hydrogen-bond acceptors (Lipinski definition) is 8. The van der Waals surface area contributed by atoms with Gasteiger partial charge in [0, 0.05) is 13.0 Å². The van der Waals surface area contributed by atoms with Crippen molar-refractivity contribution in [1.82, 2.24) is 26.6 Å². The number of nitrogens with two attached hydrogens (primary N) is 3. The van der Waals surface area contributed by atoms with E-state index in [0.717, 1.165) is 0 Å². The molecule has 12 N–H and O–H groups in total. The van der Waals surface area contributed by atoms with Gasteiger partial charge in [-0.2, -0.15) is 0 Å². The lowest BCUT2D eigenvalue weighted by molar-refractivity contribution is -0.141. The average Bonchev–Trinajstić information content (AvgIpc) is 2.95. The van der Waals surface area contributed by atoms with Crippen molar-refractivity contribution >= 4 is 41.5 Å². The van der Waals surface area contributed by atoms with Gasteiger partial charge in [-0.1, -0.05) is 30.3 Å². The van der Waals surface area contributed by atoms with E-state index in [0.29, 0.717) is 31.4 Å². The number of carbonyl (C=O) groups excluding carboxylic acids is 5. The van der Waals surface area contributed by atoms with E-state index in [9.17, 15) is 33.9 Å². The highest BCUT2D eigenvalue weighted by molar-refractivity contribution is 5.98. The van der Waals surface area contributed by atoms with E-state index in [-0.39, 0.29) is 31.8 Å². The summed E-state index contributed by atoms with van der Waals surface area (Å²) in [4.78, 5) is 81.1. The monoisotopic (exact) mass is 603 g/mol. The standard InChI is InChI=1S/C27H41N9O7/c28-11-5-4-9-18-24(41)34-17(10-6-12-31-27(29)30)23(40)32-15-21(37)33-20(14-22(38)39)26(43)36-19(25(42)35-18)13-16-7-2-1-3-8-16/h1-3,7-8,17-20H,4-6,9-15,28H2,(H,32,40)(H,33,37)(H,34,41)(H,35,42)(H,36,43)(H,38,39)(H4,29,30,31)/t17-,18-,19-,20-/m0/s1. The molecule has 1 aromatic carbocycles. The average molecular weight is 604 g/mol. The Hall–Kier alpha value is -4.73. The Kier molecular flexibility index (Phi) is 14.4. The normalized spacial score (nSPS) is 22.0. The molecule has 16 heteroatoms. The molecule has 4 atom stereocenters. The van der Waals surface area contributed by atoms with Crippen LogP contribution in [0.3, 0.4) is 0 Å². The predicted molar refractivity (Wildman–Crippen MR) is 156 cm³/mol. The van der Waals surface area contributed by atoms with Gasteiger partial charge in [0.25, 0.3) is 0 Å². The second kappa shape index (κ2) is 17.9. The van der Waals surface area contributed by atoms with Crippen molar-refractivity contribution in [3.63, 3.8) is 0 Å². The topological polar surface area (TPSA) is 273 Å². The first kappa shape index (κ1) is 34.5. The molecule has 0 saturated carbocycles. The molecule has 236 valence electrons. The summed E-state index contributed by atoms with van der Waals surface area (Å²) < 4.78 is 0. The number of nitrogens with one attached hydrogen (secondary N) is 5. The third-order valence-electron chi connectivity index (χ3n) is 6.53. The zero-order chi connectivity index (χ0) is 31.8. The number of hydrogen-bond donors (Lipinski definition) is 9.